The highest BCUT2D eigenvalue weighted by Gasteiger charge is 2.12. The number of thiocarbonyl (C=S) groups is 1. The Bertz CT molecular complexity index is 1170. The molecule has 182 valence electrons. The number of ether oxygens (including phenoxy) is 1. The molecule has 0 bridgehead atoms. The molecule has 3 aromatic carbocycles. The maximum atomic E-state index is 12.6. The summed E-state index contributed by atoms with van der Waals surface area (Å²) in [6.45, 7) is 4.73. The van der Waals surface area contributed by atoms with Crippen molar-refractivity contribution in [3.8, 4) is 5.75 Å². The molecule has 0 heterocycles. The number of aryl methyl sites for hydroxylation is 1. The lowest BCUT2D eigenvalue weighted by atomic mass is 10.1. The average Bonchev–Trinajstić information content (AvgIpc) is 2.83. The van der Waals surface area contributed by atoms with E-state index in [4.69, 9.17) is 17.0 Å². The smallest absolute Gasteiger partial charge is 0.257 e. The molecule has 3 rings (SSSR count). The van der Waals surface area contributed by atoms with Gasteiger partial charge in [-0.2, -0.15) is 0 Å². The van der Waals surface area contributed by atoms with E-state index in [0.29, 0.717) is 52.5 Å². The molecule has 35 heavy (non-hydrogen) atoms. The predicted molar refractivity (Wildman–Crippen MR) is 148 cm³/mol. The van der Waals surface area contributed by atoms with Crippen LogP contribution in [0.2, 0.25) is 0 Å². The van der Waals surface area contributed by atoms with E-state index in [0.717, 1.165) is 5.56 Å². The van der Waals surface area contributed by atoms with Gasteiger partial charge in [0.2, 0.25) is 5.91 Å². The van der Waals surface area contributed by atoms with E-state index in [1.54, 1.807) is 42.5 Å². The maximum absolute atomic E-state index is 12.6. The van der Waals surface area contributed by atoms with E-state index in [-0.39, 0.29) is 16.9 Å². The van der Waals surface area contributed by atoms with E-state index >= 15 is 0 Å². The van der Waals surface area contributed by atoms with E-state index < -0.39 is 0 Å². The number of nitrogens with one attached hydrogen (secondary N) is 3. The van der Waals surface area contributed by atoms with Crippen molar-refractivity contribution in [2.45, 2.75) is 26.7 Å². The molecular formula is C27H28BrN3O3S. The lowest BCUT2D eigenvalue weighted by Crippen LogP contribution is -2.34. The summed E-state index contributed by atoms with van der Waals surface area (Å²) >= 11 is 8.72. The van der Waals surface area contributed by atoms with Gasteiger partial charge in [-0.05, 0) is 88.5 Å². The molecular weight excluding hydrogens is 526 g/mol. The Hall–Kier alpha value is -3.23. The maximum Gasteiger partial charge on any atom is 0.257 e. The van der Waals surface area contributed by atoms with Crippen molar-refractivity contribution < 1.29 is 14.3 Å². The van der Waals surface area contributed by atoms with Crippen LogP contribution in [0.25, 0.3) is 0 Å². The van der Waals surface area contributed by atoms with Gasteiger partial charge in [0.1, 0.15) is 5.75 Å². The summed E-state index contributed by atoms with van der Waals surface area (Å²) in [6, 6.07) is 22.1. The number of hydrogen-bond acceptors (Lipinski definition) is 4. The van der Waals surface area contributed by atoms with Gasteiger partial charge in [0.15, 0.2) is 5.11 Å². The predicted octanol–water partition coefficient (Wildman–Crippen LogP) is 6.18. The van der Waals surface area contributed by atoms with Gasteiger partial charge in [0.05, 0.1) is 11.1 Å². The van der Waals surface area contributed by atoms with Gasteiger partial charge >= 0.3 is 0 Å². The molecule has 0 atom stereocenters. The molecule has 3 N–H and O–H groups in total. The fourth-order valence-electron chi connectivity index (χ4n) is 3.12. The zero-order valence-corrected chi connectivity index (χ0v) is 22.0. The van der Waals surface area contributed by atoms with Crippen molar-refractivity contribution in [3.05, 3.63) is 88.4 Å². The topological polar surface area (TPSA) is 79.5 Å². The van der Waals surface area contributed by atoms with Gasteiger partial charge in [-0.15, -0.1) is 0 Å². The van der Waals surface area contributed by atoms with Crippen molar-refractivity contribution in [2.75, 3.05) is 17.2 Å². The fraction of sp³-hybridized carbons (Fsp3) is 0.222. The minimum Gasteiger partial charge on any atom is -0.492 e. The Balaban J connectivity index is 1.47. The van der Waals surface area contributed by atoms with Crippen LogP contribution in [0.5, 0.6) is 5.75 Å². The highest BCUT2D eigenvalue weighted by molar-refractivity contribution is 9.10. The van der Waals surface area contributed by atoms with Crippen LogP contribution in [0.1, 0.15) is 36.2 Å². The molecule has 0 aliphatic heterocycles. The second-order valence-corrected chi connectivity index (χ2v) is 9.63. The van der Waals surface area contributed by atoms with Crippen LogP contribution < -0.4 is 20.7 Å². The molecule has 6 nitrogen and oxygen atoms in total. The molecule has 0 aromatic heterocycles. The third-order valence-corrected chi connectivity index (χ3v) is 5.73. The minimum atomic E-state index is -0.332. The molecule has 8 heteroatoms. The van der Waals surface area contributed by atoms with E-state index in [2.05, 4.69) is 45.7 Å². The lowest BCUT2D eigenvalue weighted by Gasteiger charge is -2.13. The van der Waals surface area contributed by atoms with Crippen molar-refractivity contribution in [1.82, 2.24) is 5.32 Å². The monoisotopic (exact) mass is 553 g/mol. The quantitative estimate of drug-likeness (QED) is 0.275. The first kappa shape index (κ1) is 26.4. The minimum absolute atomic E-state index is 0.0517. The summed E-state index contributed by atoms with van der Waals surface area (Å²) in [5.74, 6) is 0.700. The zero-order valence-electron chi connectivity index (χ0n) is 19.6. The molecule has 0 aliphatic rings. The summed E-state index contributed by atoms with van der Waals surface area (Å²) in [5.41, 5.74) is 2.95. The molecule has 2 amide bonds. The third kappa shape index (κ3) is 8.81. The standard InChI is InChI=1S/C27H28BrN3O3S/c1-18(2)17-34-24-14-9-20(16-23(24)28)26(33)31-27(35)30-22-12-10-21(11-13-22)29-25(32)15-8-19-6-4-3-5-7-19/h3-7,9-14,16,18H,8,15,17H2,1-2H3,(H,29,32)(H2,30,31,33,35). The van der Waals surface area contributed by atoms with Crippen LogP contribution >= 0.6 is 28.1 Å². The second kappa shape index (κ2) is 13.0. The number of carbonyl (C=O) groups is 2. The Morgan fingerprint density at radius 3 is 2.23 bits per heavy atom. The van der Waals surface area contributed by atoms with E-state index in [1.807, 2.05) is 30.3 Å². The third-order valence-electron chi connectivity index (χ3n) is 4.90. The average molecular weight is 555 g/mol. The molecule has 0 unspecified atom stereocenters. The number of hydrogen-bond donors (Lipinski definition) is 3. The Labute approximate surface area is 219 Å². The SMILES string of the molecule is CC(C)COc1ccc(C(=O)NC(=S)Nc2ccc(NC(=O)CCc3ccccc3)cc2)cc1Br. The Kier molecular flexibility index (Phi) is 9.81. The van der Waals surface area contributed by atoms with Crippen molar-refractivity contribution in [2.24, 2.45) is 5.92 Å². The van der Waals surface area contributed by atoms with Gasteiger partial charge in [0.25, 0.3) is 5.91 Å². The van der Waals surface area contributed by atoms with E-state index in [1.165, 1.54) is 0 Å². The van der Waals surface area contributed by atoms with Crippen molar-refractivity contribution in [3.63, 3.8) is 0 Å². The van der Waals surface area contributed by atoms with Crippen molar-refractivity contribution >= 4 is 56.4 Å². The fourth-order valence-corrected chi connectivity index (χ4v) is 3.82. The molecule has 0 fully saturated rings. The van der Waals surface area contributed by atoms with Gasteiger partial charge in [-0.1, -0.05) is 44.2 Å². The lowest BCUT2D eigenvalue weighted by molar-refractivity contribution is -0.116. The van der Waals surface area contributed by atoms with Gasteiger partial charge in [-0.25, -0.2) is 0 Å². The van der Waals surface area contributed by atoms with Crippen LogP contribution in [0.4, 0.5) is 11.4 Å². The van der Waals surface area contributed by atoms with Gasteiger partial charge in [0, 0.05) is 23.4 Å². The second-order valence-electron chi connectivity index (χ2n) is 8.37. The van der Waals surface area contributed by atoms with Crippen molar-refractivity contribution in [1.29, 1.82) is 0 Å². The van der Waals surface area contributed by atoms with Crippen LogP contribution in [-0.4, -0.2) is 23.5 Å². The normalized spacial score (nSPS) is 10.5. The van der Waals surface area contributed by atoms with E-state index in [9.17, 15) is 9.59 Å². The largest absolute Gasteiger partial charge is 0.492 e. The number of amides is 2. The number of benzene rings is 3. The molecule has 0 radical (unpaired) electrons. The highest BCUT2D eigenvalue weighted by atomic mass is 79.9. The first-order valence-corrected chi connectivity index (χ1v) is 12.5. The first-order valence-electron chi connectivity index (χ1n) is 11.3. The summed E-state index contributed by atoms with van der Waals surface area (Å²) in [7, 11) is 0. The number of rotatable bonds is 9. The first-order chi connectivity index (χ1) is 16.8. The zero-order chi connectivity index (χ0) is 25.2. The molecule has 0 saturated carbocycles. The summed E-state index contributed by atoms with van der Waals surface area (Å²) in [4.78, 5) is 24.8. The Morgan fingerprint density at radius 2 is 1.60 bits per heavy atom. The Morgan fingerprint density at radius 1 is 0.943 bits per heavy atom. The number of carbonyl (C=O) groups excluding carboxylic acids is 2. The number of halogens is 1. The number of anilines is 2. The van der Waals surface area contributed by atoms with Crippen LogP contribution in [0.15, 0.2) is 77.3 Å². The van der Waals surface area contributed by atoms with Gasteiger partial charge in [-0.3, -0.25) is 14.9 Å². The van der Waals surface area contributed by atoms with Gasteiger partial charge < -0.3 is 15.4 Å². The summed E-state index contributed by atoms with van der Waals surface area (Å²) in [6.07, 6.45) is 1.09. The summed E-state index contributed by atoms with van der Waals surface area (Å²) < 4.78 is 6.42. The summed E-state index contributed by atoms with van der Waals surface area (Å²) in [5, 5.41) is 8.71. The van der Waals surface area contributed by atoms with Crippen LogP contribution in [0, 0.1) is 5.92 Å². The highest BCUT2D eigenvalue weighted by Crippen LogP contribution is 2.26. The molecule has 0 saturated heterocycles. The molecule has 3 aromatic rings. The molecule has 0 aliphatic carbocycles. The van der Waals surface area contributed by atoms with Crippen LogP contribution in [0.3, 0.4) is 0 Å². The van der Waals surface area contributed by atoms with Crippen LogP contribution in [-0.2, 0) is 11.2 Å². The molecule has 0 spiro atoms.